The van der Waals surface area contributed by atoms with Crippen molar-refractivity contribution in [3.8, 4) is 0 Å². The molecular formula is C16H28N2O3. The Balaban J connectivity index is 1.80. The first-order valence-corrected chi connectivity index (χ1v) is 8.39. The van der Waals surface area contributed by atoms with Gasteiger partial charge in [0.2, 0.25) is 0 Å². The van der Waals surface area contributed by atoms with Crippen LogP contribution < -0.4 is 0 Å². The molecule has 1 heterocycles. The average molecular weight is 296 g/mol. The molecule has 2 fully saturated rings. The molecule has 0 aromatic heterocycles. The summed E-state index contributed by atoms with van der Waals surface area (Å²) in [5.41, 5.74) is 0. The molecule has 1 aliphatic carbocycles. The minimum absolute atomic E-state index is 0.195. The van der Waals surface area contributed by atoms with Gasteiger partial charge >= 0.3 is 12.0 Å². The second-order valence-corrected chi connectivity index (χ2v) is 6.37. The highest BCUT2D eigenvalue weighted by atomic mass is 16.4. The van der Waals surface area contributed by atoms with E-state index in [0.717, 1.165) is 51.7 Å². The minimum Gasteiger partial charge on any atom is -0.481 e. The summed E-state index contributed by atoms with van der Waals surface area (Å²) in [6.45, 7) is 4.43. The van der Waals surface area contributed by atoms with E-state index in [0.29, 0.717) is 12.0 Å². The van der Waals surface area contributed by atoms with Crippen LogP contribution in [0.3, 0.4) is 0 Å². The molecule has 2 amide bonds. The van der Waals surface area contributed by atoms with Gasteiger partial charge in [-0.2, -0.15) is 0 Å². The zero-order chi connectivity index (χ0) is 15.2. The Bertz CT molecular complexity index is 359. The molecule has 0 bridgehead atoms. The van der Waals surface area contributed by atoms with Gasteiger partial charge < -0.3 is 14.9 Å². The Morgan fingerprint density at radius 1 is 1.14 bits per heavy atom. The predicted molar refractivity (Wildman–Crippen MR) is 81.2 cm³/mol. The van der Waals surface area contributed by atoms with E-state index < -0.39 is 5.97 Å². The van der Waals surface area contributed by atoms with Gasteiger partial charge in [-0.15, -0.1) is 0 Å². The van der Waals surface area contributed by atoms with E-state index in [-0.39, 0.29) is 12.5 Å². The third-order valence-corrected chi connectivity index (χ3v) is 5.00. The van der Waals surface area contributed by atoms with Crippen molar-refractivity contribution in [3.05, 3.63) is 0 Å². The SMILES string of the molecule is CCN(C(=O)N1CCC(CCC(=O)O)CC1)C1CCCC1. The first-order chi connectivity index (χ1) is 10.1. The Hall–Kier alpha value is -1.26. The molecule has 0 radical (unpaired) electrons. The average Bonchev–Trinajstić information content (AvgIpc) is 3.00. The molecule has 0 spiro atoms. The van der Waals surface area contributed by atoms with Crippen LogP contribution in [-0.2, 0) is 4.79 Å². The van der Waals surface area contributed by atoms with E-state index >= 15 is 0 Å². The number of aliphatic carboxylic acids is 1. The third kappa shape index (κ3) is 4.35. The second kappa shape index (κ2) is 7.66. The molecule has 2 rings (SSSR count). The van der Waals surface area contributed by atoms with Gasteiger partial charge in [0, 0.05) is 32.1 Å². The lowest BCUT2D eigenvalue weighted by atomic mass is 9.92. The molecule has 1 aliphatic heterocycles. The molecule has 5 heteroatoms. The van der Waals surface area contributed by atoms with Crippen LogP contribution in [0.2, 0.25) is 0 Å². The third-order valence-electron chi connectivity index (χ3n) is 5.00. The standard InChI is InChI=1S/C16H28N2O3/c1-2-18(14-5-3-4-6-14)16(21)17-11-9-13(10-12-17)7-8-15(19)20/h13-14H,2-12H2,1H3,(H,19,20). The number of urea groups is 1. The number of carboxylic acids is 1. The van der Waals surface area contributed by atoms with Gasteiger partial charge in [-0.05, 0) is 44.9 Å². The van der Waals surface area contributed by atoms with Crippen molar-refractivity contribution in [2.45, 2.75) is 64.3 Å². The van der Waals surface area contributed by atoms with Gasteiger partial charge in [-0.1, -0.05) is 12.8 Å². The van der Waals surface area contributed by atoms with Crippen molar-refractivity contribution in [3.63, 3.8) is 0 Å². The molecule has 0 atom stereocenters. The van der Waals surface area contributed by atoms with E-state index in [1.54, 1.807) is 0 Å². The molecule has 120 valence electrons. The topological polar surface area (TPSA) is 60.9 Å². The van der Waals surface area contributed by atoms with Crippen LogP contribution >= 0.6 is 0 Å². The lowest BCUT2D eigenvalue weighted by molar-refractivity contribution is -0.137. The highest BCUT2D eigenvalue weighted by molar-refractivity contribution is 5.75. The molecule has 5 nitrogen and oxygen atoms in total. The lowest BCUT2D eigenvalue weighted by Crippen LogP contribution is -2.49. The number of nitrogens with zero attached hydrogens (tertiary/aromatic N) is 2. The van der Waals surface area contributed by atoms with Crippen LogP contribution in [0.25, 0.3) is 0 Å². The summed E-state index contributed by atoms with van der Waals surface area (Å²) in [5.74, 6) is -0.251. The van der Waals surface area contributed by atoms with Crippen LogP contribution in [0.5, 0.6) is 0 Å². The molecular weight excluding hydrogens is 268 g/mol. The Kier molecular flexibility index (Phi) is 5.88. The summed E-state index contributed by atoms with van der Waals surface area (Å²) in [6.07, 6.45) is 7.67. The highest BCUT2D eigenvalue weighted by Crippen LogP contribution is 2.27. The number of carbonyl (C=O) groups excluding carboxylic acids is 1. The van der Waals surface area contributed by atoms with Crippen LogP contribution in [0.4, 0.5) is 4.79 Å². The van der Waals surface area contributed by atoms with Crippen LogP contribution in [0, 0.1) is 5.92 Å². The lowest BCUT2D eigenvalue weighted by Gasteiger charge is -2.37. The van der Waals surface area contributed by atoms with Crippen molar-refractivity contribution >= 4 is 12.0 Å². The highest BCUT2D eigenvalue weighted by Gasteiger charge is 2.30. The molecule has 1 saturated heterocycles. The summed E-state index contributed by atoms with van der Waals surface area (Å²) in [4.78, 5) is 27.3. The van der Waals surface area contributed by atoms with Crippen molar-refractivity contribution in [2.24, 2.45) is 5.92 Å². The van der Waals surface area contributed by atoms with E-state index in [1.165, 1.54) is 12.8 Å². The number of carboxylic acid groups (broad SMARTS) is 1. The molecule has 2 aliphatic rings. The quantitative estimate of drug-likeness (QED) is 0.848. The smallest absolute Gasteiger partial charge is 0.320 e. The van der Waals surface area contributed by atoms with Crippen molar-refractivity contribution < 1.29 is 14.7 Å². The Morgan fingerprint density at radius 2 is 1.76 bits per heavy atom. The first kappa shape index (κ1) is 16.1. The number of piperidine rings is 1. The summed E-state index contributed by atoms with van der Waals surface area (Å²) in [5, 5.41) is 8.74. The first-order valence-electron chi connectivity index (χ1n) is 8.39. The second-order valence-electron chi connectivity index (χ2n) is 6.37. The zero-order valence-corrected chi connectivity index (χ0v) is 13.1. The van der Waals surface area contributed by atoms with E-state index in [2.05, 4.69) is 6.92 Å². The number of rotatable bonds is 5. The molecule has 21 heavy (non-hydrogen) atoms. The van der Waals surface area contributed by atoms with Gasteiger partial charge in [-0.3, -0.25) is 4.79 Å². The van der Waals surface area contributed by atoms with Gasteiger partial charge in [0.15, 0.2) is 0 Å². The number of likely N-dealkylation sites (tertiary alicyclic amines) is 1. The molecule has 0 aromatic carbocycles. The van der Waals surface area contributed by atoms with Gasteiger partial charge in [0.05, 0.1) is 0 Å². The van der Waals surface area contributed by atoms with Crippen molar-refractivity contribution in [1.29, 1.82) is 0 Å². The number of amides is 2. The van der Waals surface area contributed by atoms with E-state index in [4.69, 9.17) is 5.11 Å². The number of hydrogen-bond donors (Lipinski definition) is 1. The van der Waals surface area contributed by atoms with Gasteiger partial charge in [0.25, 0.3) is 0 Å². The van der Waals surface area contributed by atoms with E-state index in [1.807, 2.05) is 9.80 Å². The molecule has 0 aromatic rings. The fourth-order valence-electron chi connectivity index (χ4n) is 3.69. The molecule has 1 saturated carbocycles. The van der Waals surface area contributed by atoms with Crippen LogP contribution in [0.15, 0.2) is 0 Å². The van der Waals surface area contributed by atoms with E-state index in [9.17, 15) is 9.59 Å². The summed E-state index contributed by atoms with van der Waals surface area (Å²) < 4.78 is 0. The summed E-state index contributed by atoms with van der Waals surface area (Å²) in [6, 6.07) is 0.633. The summed E-state index contributed by atoms with van der Waals surface area (Å²) in [7, 11) is 0. The van der Waals surface area contributed by atoms with Crippen molar-refractivity contribution in [2.75, 3.05) is 19.6 Å². The molecule has 1 N–H and O–H groups in total. The zero-order valence-electron chi connectivity index (χ0n) is 13.1. The van der Waals surface area contributed by atoms with Gasteiger partial charge in [0.1, 0.15) is 0 Å². The maximum absolute atomic E-state index is 12.6. The van der Waals surface area contributed by atoms with Crippen LogP contribution in [0.1, 0.15) is 58.3 Å². The summed E-state index contributed by atoms with van der Waals surface area (Å²) >= 11 is 0. The predicted octanol–water partition coefficient (Wildman–Crippen LogP) is 2.95. The fourth-order valence-corrected chi connectivity index (χ4v) is 3.69. The maximum atomic E-state index is 12.6. The maximum Gasteiger partial charge on any atom is 0.320 e. The van der Waals surface area contributed by atoms with Gasteiger partial charge in [-0.25, -0.2) is 4.79 Å². The fraction of sp³-hybridized carbons (Fsp3) is 0.875. The monoisotopic (exact) mass is 296 g/mol. The van der Waals surface area contributed by atoms with Crippen molar-refractivity contribution in [1.82, 2.24) is 9.80 Å². The minimum atomic E-state index is -0.716. The Morgan fingerprint density at radius 3 is 2.29 bits per heavy atom. The number of hydrogen-bond acceptors (Lipinski definition) is 2. The number of carbonyl (C=O) groups is 2. The van der Waals surface area contributed by atoms with Crippen LogP contribution in [-0.4, -0.2) is 52.6 Å². The largest absolute Gasteiger partial charge is 0.481 e. The normalized spacial score (nSPS) is 20.7. The molecule has 0 unspecified atom stereocenters. The Labute approximate surface area is 127 Å².